The van der Waals surface area contributed by atoms with Gasteiger partial charge in [0.15, 0.2) is 0 Å². The van der Waals surface area contributed by atoms with Crippen molar-refractivity contribution in [3.63, 3.8) is 0 Å². The van der Waals surface area contributed by atoms with Crippen LogP contribution in [-0.4, -0.2) is 75.5 Å². The van der Waals surface area contributed by atoms with Gasteiger partial charge >= 0.3 is 8.80 Å². The molecule has 0 fully saturated rings. The van der Waals surface area contributed by atoms with Gasteiger partial charge in [0, 0.05) is 26.3 Å². The molecule has 0 bridgehead atoms. The van der Waals surface area contributed by atoms with E-state index in [1.807, 2.05) is 19.0 Å². The van der Waals surface area contributed by atoms with Crippen molar-refractivity contribution < 1.29 is 23.9 Å². The van der Waals surface area contributed by atoms with E-state index in [1.54, 1.807) is 0 Å². The molecule has 16 heavy (non-hydrogen) atoms. The van der Waals surface area contributed by atoms with Crippen LogP contribution in [0.4, 0.5) is 0 Å². The maximum Gasteiger partial charge on any atom is 0.495 e. The molecule has 98 valence electrons. The summed E-state index contributed by atoms with van der Waals surface area (Å²) in [5.41, 5.74) is 0. The Labute approximate surface area is 97.8 Å². The largest absolute Gasteiger partial charge is 0.495 e. The van der Waals surface area contributed by atoms with E-state index in [4.69, 9.17) is 4.74 Å². The number of nitrogens with zero attached hydrogens (tertiary/aromatic N) is 1. The third-order valence-electron chi connectivity index (χ3n) is 2.00. The van der Waals surface area contributed by atoms with E-state index in [9.17, 15) is 14.7 Å². The van der Waals surface area contributed by atoms with Gasteiger partial charge in [0.1, 0.15) is 0 Å². The Morgan fingerprint density at radius 3 is 2.44 bits per heavy atom. The average molecular weight is 253 g/mol. The van der Waals surface area contributed by atoms with Crippen LogP contribution in [0.2, 0.25) is 6.04 Å². The topological polar surface area (TPSA) is 82.4 Å². The SMILES string of the molecule is CO[Si](O)(O)CCCOCC(O)CN(C)C. The van der Waals surface area contributed by atoms with Crippen molar-refractivity contribution in [3.05, 3.63) is 0 Å². The van der Waals surface area contributed by atoms with Crippen LogP contribution in [0.25, 0.3) is 0 Å². The first-order valence-corrected chi connectivity index (χ1v) is 7.29. The summed E-state index contributed by atoms with van der Waals surface area (Å²) in [6.07, 6.45) is 0.00421. The van der Waals surface area contributed by atoms with Crippen LogP contribution in [0.5, 0.6) is 0 Å². The lowest BCUT2D eigenvalue weighted by Gasteiger charge is -2.17. The van der Waals surface area contributed by atoms with E-state index in [1.165, 1.54) is 7.11 Å². The van der Waals surface area contributed by atoms with Gasteiger partial charge in [-0.25, -0.2) is 0 Å². The molecule has 0 rings (SSSR count). The molecule has 0 aromatic heterocycles. The Balaban J connectivity index is 3.40. The van der Waals surface area contributed by atoms with Gasteiger partial charge in [-0.15, -0.1) is 0 Å². The zero-order valence-corrected chi connectivity index (χ0v) is 11.2. The van der Waals surface area contributed by atoms with E-state index in [0.717, 1.165) is 0 Å². The van der Waals surface area contributed by atoms with E-state index < -0.39 is 14.9 Å². The summed E-state index contributed by atoms with van der Waals surface area (Å²) in [5, 5.41) is 9.44. The van der Waals surface area contributed by atoms with Crippen molar-refractivity contribution in [1.82, 2.24) is 4.90 Å². The van der Waals surface area contributed by atoms with Crippen molar-refractivity contribution in [2.24, 2.45) is 0 Å². The van der Waals surface area contributed by atoms with Gasteiger partial charge in [-0.1, -0.05) is 0 Å². The quantitative estimate of drug-likeness (QED) is 0.357. The summed E-state index contributed by atoms with van der Waals surface area (Å²) >= 11 is 0. The molecule has 0 radical (unpaired) electrons. The summed E-state index contributed by atoms with van der Waals surface area (Å²) in [7, 11) is 1.60. The number of hydrogen-bond acceptors (Lipinski definition) is 6. The van der Waals surface area contributed by atoms with Crippen LogP contribution < -0.4 is 0 Å². The third kappa shape index (κ3) is 9.22. The van der Waals surface area contributed by atoms with Crippen LogP contribution in [0, 0.1) is 0 Å². The molecule has 6 nitrogen and oxygen atoms in total. The fourth-order valence-electron chi connectivity index (χ4n) is 1.20. The Bertz CT molecular complexity index is 179. The number of hydrogen-bond donors (Lipinski definition) is 3. The Morgan fingerprint density at radius 1 is 1.31 bits per heavy atom. The van der Waals surface area contributed by atoms with Crippen molar-refractivity contribution in [2.75, 3.05) is 41.0 Å². The zero-order chi connectivity index (χ0) is 12.6. The van der Waals surface area contributed by atoms with E-state index in [2.05, 4.69) is 4.43 Å². The first-order chi connectivity index (χ1) is 7.37. The standard InChI is InChI=1S/C9H23NO5Si/c1-10(2)7-9(11)8-15-5-4-6-16(12,13)14-3/h9,11-13H,4-8H2,1-3H3. The van der Waals surface area contributed by atoms with Gasteiger partial charge in [0.05, 0.1) is 12.7 Å². The molecular weight excluding hydrogens is 230 g/mol. The molecule has 0 aromatic carbocycles. The van der Waals surface area contributed by atoms with E-state index in [-0.39, 0.29) is 12.7 Å². The predicted octanol–water partition coefficient (Wildman–Crippen LogP) is -1.11. The molecule has 1 atom stereocenters. The first-order valence-electron chi connectivity index (χ1n) is 5.28. The monoisotopic (exact) mass is 253 g/mol. The highest BCUT2D eigenvalue weighted by Gasteiger charge is 2.29. The number of aliphatic hydroxyl groups excluding tert-OH is 1. The number of rotatable bonds is 9. The Morgan fingerprint density at radius 2 is 1.94 bits per heavy atom. The first kappa shape index (κ1) is 16.0. The van der Waals surface area contributed by atoms with Gasteiger partial charge in [-0.2, -0.15) is 0 Å². The molecule has 7 heteroatoms. The highest BCUT2D eigenvalue weighted by atomic mass is 28.4. The van der Waals surface area contributed by atoms with Crippen LogP contribution >= 0.6 is 0 Å². The molecule has 0 heterocycles. The number of ether oxygens (including phenoxy) is 1. The molecule has 0 aliphatic carbocycles. The summed E-state index contributed by atoms with van der Waals surface area (Å²) in [5.74, 6) is 0. The molecule has 1 unspecified atom stereocenters. The highest BCUT2D eigenvalue weighted by Crippen LogP contribution is 2.05. The lowest BCUT2D eigenvalue weighted by atomic mass is 10.3. The van der Waals surface area contributed by atoms with Crippen molar-refractivity contribution in [2.45, 2.75) is 18.6 Å². The molecule has 3 N–H and O–H groups in total. The van der Waals surface area contributed by atoms with Crippen LogP contribution in [0.15, 0.2) is 0 Å². The number of aliphatic hydroxyl groups is 1. The zero-order valence-electron chi connectivity index (χ0n) is 10.2. The van der Waals surface area contributed by atoms with E-state index >= 15 is 0 Å². The molecule has 0 spiro atoms. The van der Waals surface area contributed by atoms with Crippen LogP contribution in [0.3, 0.4) is 0 Å². The molecule has 0 aliphatic heterocycles. The minimum Gasteiger partial charge on any atom is -0.390 e. The maximum atomic E-state index is 9.44. The predicted molar refractivity (Wildman–Crippen MR) is 62.0 cm³/mol. The molecule has 0 amide bonds. The average Bonchev–Trinajstić information content (AvgIpc) is 2.16. The molecular formula is C9H23NO5Si. The van der Waals surface area contributed by atoms with Crippen molar-refractivity contribution in [3.8, 4) is 0 Å². The fraction of sp³-hybridized carbons (Fsp3) is 1.00. The highest BCUT2D eigenvalue weighted by molar-refractivity contribution is 6.57. The normalized spacial score (nSPS) is 14.4. The van der Waals surface area contributed by atoms with Crippen molar-refractivity contribution >= 4 is 8.80 Å². The van der Waals surface area contributed by atoms with Gasteiger partial charge in [-0.3, -0.25) is 0 Å². The van der Waals surface area contributed by atoms with Crippen molar-refractivity contribution in [1.29, 1.82) is 0 Å². The minimum absolute atomic E-state index is 0.216. The second kappa shape index (κ2) is 8.12. The summed E-state index contributed by atoms with van der Waals surface area (Å²) < 4.78 is 9.76. The van der Waals surface area contributed by atoms with Gasteiger partial charge in [0.25, 0.3) is 0 Å². The molecule has 0 aliphatic rings. The third-order valence-corrected chi connectivity index (χ3v) is 3.66. The maximum absolute atomic E-state index is 9.44. The number of likely N-dealkylation sites (N-methyl/N-ethyl adjacent to an activating group) is 1. The van der Waals surface area contributed by atoms with Crippen LogP contribution in [0.1, 0.15) is 6.42 Å². The lowest BCUT2D eigenvalue weighted by molar-refractivity contribution is 0.0235. The fourth-order valence-corrected chi connectivity index (χ4v) is 2.01. The van der Waals surface area contributed by atoms with Gasteiger partial charge in [-0.05, 0) is 20.5 Å². The molecule has 0 saturated carbocycles. The second-order valence-electron chi connectivity index (χ2n) is 4.04. The smallest absolute Gasteiger partial charge is 0.390 e. The lowest BCUT2D eigenvalue weighted by Crippen LogP contribution is -2.37. The summed E-state index contributed by atoms with van der Waals surface area (Å²) in [4.78, 5) is 20.3. The molecule has 0 saturated heterocycles. The Hall–Kier alpha value is -0.0231. The summed E-state index contributed by atoms with van der Waals surface area (Å²) in [6, 6.07) is 0.216. The molecule has 0 aromatic rings. The second-order valence-corrected chi connectivity index (χ2v) is 6.44. The minimum atomic E-state index is -3.43. The Kier molecular flexibility index (Phi) is 8.11. The van der Waals surface area contributed by atoms with E-state index in [0.29, 0.717) is 19.6 Å². The van der Waals surface area contributed by atoms with Crippen LogP contribution in [-0.2, 0) is 9.16 Å². The summed E-state index contributed by atoms with van der Waals surface area (Å²) in [6.45, 7) is 1.21. The van der Waals surface area contributed by atoms with Gasteiger partial charge < -0.3 is 28.8 Å². The van der Waals surface area contributed by atoms with Gasteiger partial charge in [0.2, 0.25) is 0 Å².